The lowest BCUT2D eigenvalue weighted by molar-refractivity contribution is 0.300. The van der Waals surface area contributed by atoms with E-state index in [-0.39, 0.29) is 0 Å². The van der Waals surface area contributed by atoms with Gasteiger partial charge in [0.25, 0.3) is 0 Å². The largest absolute Gasteiger partial charge is 0.492 e. The third kappa shape index (κ3) is 3.33. The smallest absolute Gasteiger partial charge is 0.141 e. The molecule has 1 aromatic heterocycles. The van der Waals surface area contributed by atoms with E-state index in [1.165, 1.54) is 11.1 Å². The van der Waals surface area contributed by atoms with Crippen LogP contribution >= 0.6 is 0 Å². The van der Waals surface area contributed by atoms with Gasteiger partial charge in [0.2, 0.25) is 0 Å². The molecule has 0 saturated heterocycles. The Morgan fingerprint density at radius 3 is 2.31 bits per heavy atom. The Balaban J connectivity index is 1.63. The molecule has 3 nitrogen and oxygen atoms in total. The van der Waals surface area contributed by atoms with Gasteiger partial charge < -0.3 is 9.30 Å². The Morgan fingerprint density at radius 1 is 0.846 bits per heavy atom. The van der Waals surface area contributed by atoms with Gasteiger partial charge in [-0.2, -0.15) is 0 Å². The van der Waals surface area contributed by atoms with Gasteiger partial charge >= 0.3 is 0 Å². The maximum absolute atomic E-state index is 6.03. The van der Waals surface area contributed by atoms with Gasteiger partial charge in [-0.25, -0.2) is 4.98 Å². The summed E-state index contributed by atoms with van der Waals surface area (Å²) >= 11 is 0. The average Bonchev–Trinajstić information content (AvgIpc) is 3.01. The lowest BCUT2D eigenvalue weighted by atomic mass is 10.1. The van der Waals surface area contributed by atoms with E-state index in [1.807, 2.05) is 24.3 Å². The molecule has 0 atom stereocenters. The van der Waals surface area contributed by atoms with Crippen LogP contribution in [0.15, 0.2) is 72.8 Å². The summed E-state index contributed by atoms with van der Waals surface area (Å²) in [4.78, 5) is 4.84. The molecule has 0 fully saturated rings. The number of rotatable bonds is 5. The fraction of sp³-hybridized carbons (Fsp3) is 0.174. The van der Waals surface area contributed by atoms with Gasteiger partial charge in [0.05, 0.1) is 17.6 Å². The predicted molar refractivity (Wildman–Crippen MR) is 107 cm³/mol. The number of nitrogens with zero attached hydrogens (tertiary/aromatic N) is 2. The summed E-state index contributed by atoms with van der Waals surface area (Å²) in [6.45, 7) is 5.54. The van der Waals surface area contributed by atoms with Crippen molar-refractivity contribution in [1.82, 2.24) is 9.55 Å². The van der Waals surface area contributed by atoms with Gasteiger partial charge in [0.1, 0.15) is 18.2 Å². The normalized spacial score (nSPS) is 11.0. The van der Waals surface area contributed by atoms with E-state index in [0.717, 1.165) is 34.7 Å². The van der Waals surface area contributed by atoms with Crippen LogP contribution in [0.4, 0.5) is 0 Å². The van der Waals surface area contributed by atoms with Crippen LogP contribution in [0.25, 0.3) is 22.4 Å². The average molecular weight is 342 g/mol. The topological polar surface area (TPSA) is 27.1 Å². The number of benzene rings is 3. The molecule has 4 rings (SSSR count). The van der Waals surface area contributed by atoms with Gasteiger partial charge in [0, 0.05) is 5.56 Å². The first-order chi connectivity index (χ1) is 12.7. The van der Waals surface area contributed by atoms with Crippen molar-refractivity contribution in [3.05, 3.63) is 83.9 Å². The van der Waals surface area contributed by atoms with Crippen LogP contribution in [0.2, 0.25) is 0 Å². The molecule has 26 heavy (non-hydrogen) atoms. The Morgan fingerprint density at radius 2 is 1.54 bits per heavy atom. The molecule has 3 heteroatoms. The summed E-state index contributed by atoms with van der Waals surface area (Å²) in [7, 11) is 0. The number of fused-ring (bicyclic) bond motifs is 1. The summed E-state index contributed by atoms with van der Waals surface area (Å²) in [5.74, 6) is 1.91. The Bertz CT molecular complexity index is 1010. The first-order valence-electron chi connectivity index (χ1n) is 8.92. The van der Waals surface area contributed by atoms with E-state index in [2.05, 4.69) is 66.9 Å². The van der Waals surface area contributed by atoms with Crippen molar-refractivity contribution in [2.45, 2.75) is 20.4 Å². The second-order valence-electron chi connectivity index (χ2n) is 6.61. The number of ether oxygens (including phenoxy) is 1. The molecule has 0 unspecified atom stereocenters. The van der Waals surface area contributed by atoms with Crippen LogP contribution in [-0.4, -0.2) is 16.2 Å². The van der Waals surface area contributed by atoms with Gasteiger partial charge in [-0.15, -0.1) is 0 Å². The van der Waals surface area contributed by atoms with E-state index in [1.54, 1.807) is 0 Å². The Labute approximate surface area is 153 Å². The SMILES string of the molecule is Cc1cc(C)cc(OCCn2c(-c3ccccc3)nc3ccccc32)c1. The lowest BCUT2D eigenvalue weighted by Crippen LogP contribution is -2.09. The molecular weight excluding hydrogens is 320 g/mol. The molecule has 0 aliphatic carbocycles. The zero-order chi connectivity index (χ0) is 17.9. The monoisotopic (exact) mass is 342 g/mol. The Kier molecular flexibility index (Phi) is 4.44. The zero-order valence-electron chi connectivity index (χ0n) is 15.1. The van der Waals surface area contributed by atoms with E-state index >= 15 is 0 Å². The number of hydrogen-bond acceptors (Lipinski definition) is 2. The maximum Gasteiger partial charge on any atom is 0.141 e. The number of aryl methyl sites for hydroxylation is 2. The van der Waals surface area contributed by atoms with Crippen LogP contribution in [0.5, 0.6) is 5.75 Å². The summed E-state index contributed by atoms with van der Waals surface area (Å²) < 4.78 is 8.28. The minimum Gasteiger partial charge on any atom is -0.492 e. The van der Waals surface area contributed by atoms with Crippen LogP contribution in [-0.2, 0) is 6.54 Å². The van der Waals surface area contributed by atoms with Crippen molar-refractivity contribution >= 4 is 11.0 Å². The number of aromatic nitrogens is 2. The Hall–Kier alpha value is -3.07. The fourth-order valence-corrected chi connectivity index (χ4v) is 3.38. The molecule has 0 saturated carbocycles. The van der Waals surface area contributed by atoms with E-state index in [9.17, 15) is 0 Å². The maximum atomic E-state index is 6.03. The molecule has 3 aromatic carbocycles. The van der Waals surface area contributed by atoms with E-state index in [0.29, 0.717) is 6.61 Å². The van der Waals surface area contributed by atoms with Crippen LogP contribution in [0.3, 0.4) is 0 Å². The van der Waals surface area contributed by atoms with Crippen molar-refractivity contribution in [1.29, 1.82) is 0 Å². The van der Waals surface area contributed by atoms with Crippen molar-refractivity contribution in [3.8, 4) is 17.1 Å². The molecular formula is C23H22N2O. The number of para-hydroxylation sites is 2. The summed E-state index contributed by atoms with van der Waals surface area (Å²) in [6.07, 6.45) is 0. The number of imidazole rings is 1. The molecule has 130 valence electrons. The fourth-order valence-electron chi connectivity index (χ4n) is 3.38. The zero-order valence-corrected chi connectivity index (χ0v) is 15.1. The van der Waals surface area contributed by atoms with Gasteiger partial charge in [-0.1, -0.05) is 48.5 Å². The summed E-state index contributed by atoms with van der Waals surface area (Å²) in [5, 5.41) is 0. The highest BCUT2D eigenvalue weighted by molar-refractivity contribution is 5.80. The first kappa shape index (κ1) is 16.4. The molecule has 0 N–H and O–H groups in total. The molecule has 0 amide bonds. The van der Waals surface area contributed by atoms with Crippen LogP contribution in [0, 0.1) is 13.8 Å². The second-order valence-corrected chi connectivity index (χ2v) is 6.61. The summed E-state index contributed by atoms with van der Waals surface area (Å²) in [5.41, 5.74) is 5.71. The molecule has 0 radical (unpaired) electrons. The van der Waals surface area contributed by atoms with Crippen molar-refractivity contribution in [3.63, 3.8) is 0 Å². The molecule has 0 spiro atoms. The quantitative estimate of drug-likeness (QED) is 0.485. The second kappa shape index (κ2) is 7.04. The summed E-state index contributed by atoms with van der Waals surface area (Å²) in [6, 6.07) is 24.9. The third-order valence-electron chi connectivity index (χ3n) is 4.47. The first-order valence-corrected chi connectivity index (χ1v) is 8.92. The lowest BCUT2D eigenvalue weighted by Gasteiger charge is -2.12. The van der Waals surface area contributed by atoms with Crippen molar-refractivity contribution in [2.75, 3.05) is 6.61 Å². The van der Waals surface area contributed by atoms with Crippen molar-refractivity contribution in [2.24, 2.45) is 0 Å². The minimum absolute atomic E-state index is 0.600. The molecule has 4 aromatic rings. The highest BCUT2D eigenvalue weighted by Gasteiger charge is 2.12. The predicted octanol–water partition coefficient (Wildman–Crippen LogP) is 5.40. The van der Waals surface area contributed by atoms with Crippen LogP contribution < -0.4 is 4.74 Å². The molecule has 0 bridgehead atoms. The van der Waals surface area contributed by atoms with Gasteiger partial charge in [-0.05, 0) is 49.2 Å². The number of hydrogen-bond donors (Lipinski definition) is 0. The minimum atomic E-state index is 0.600. The van der Waals surface area contributed by atoms with E-state index in [4.69, 9.17) is 9.72 Å². The van der Waals surface area contributed by atoms with Crippen LogP contribution in [0.1, 0.15) is 11.1 Å². The highest BCUT2D eigenvalue weighted by Crippen LogP contribution is 2.25. The molecule has 0 aliphatic rings. The standard InChI is InChI=1S/C23H22N2O/c1-17-14-18(2)16-20(15-17)26-13-12-25-22-11-7-6-10-21(22)24-23(25)19-8-4-3-5-9-19/h3-11,14-16H,12-13H2,1-2H3. The molecule has 0 aliphatic heterocycles. The van der Waals surface area contributed by atoms with E-state index < -0.39 is 0 Å². The highest BCUT2D eigenvalue weighted by atomic mass is 16.5. The third-order valence-corrected chi connectivity index (χ3v) is 4.47. The van der Waals surface area contributed by atoms with Gasteiger partial charge in [0.15, 0.2) is 0 Å². The molecule has 1 heterocycles. The van der Waals surface area contributed by atoms with Crippen molar-refractivity contribution < 1.29 is 4.74 Å². The van der Waals surface area contributed by atoms with Gasteiger partial charge in [-0.3, -0.25) is 0 Å².